The van der Waals surface area contributed by atoms with Gasteiger partial charge in [0.25, 0.3) is 0 Å². The molecule has 1 fully saturated rings. The first-order valence-corrected chi connectivity index (χ1v) is 7.96. The second-order valence-corrected chi connectivity index (χ2v) is 6.98. The van der Waals surface area contributed by atoms with Crippen LogP contribution >= 0.6 is 0 Å². The first-order valence-electron chi connectivity index (χ1n) is 7.96. The molecule has 1 saturated carbocycles. The third-order valence-electron chi connectivity index (χ3n) is 4.84. The molecule has 2 N–H and O–H groups in total. The Labute approximate surface area is 123 Å². The van der Waals surface area contributed by atoms with Gasteiger partial charge in [-0.1, -0.05) is 43.7 Å². The summed E-state index contributed by atoms with van der Waals surface area (Å²) >= 11 is 0. The molecule has 1 aliphatic carbocycles. The minimum atomic E-state index is -0.155. The fourth-order valence-corrected chi connectivity index (χ4v) is 3.50. The minimum absolute atomic E-state index is 0.00827. The Bertz CT molecular complexity index is 401. The summed E-state index contributed by atoms with van der Waals surface area (Å²) in [4.78, 5) is 0. The van der Waals surface area contributed by atoms with Gasteiger partial charge in [0.2, 0.25) is 0 Å². The molecular weight excluding hydrogens is 246 g/mol. The maximum atomic E-state index is 10.4. The van der Waals surface area contributed by atoms with Crippen LogP contribution in [0.1, 0.15) is 45.6 Å². The highest BCUT2D eigenvalue weighted by Gasteiger charge is 2.37. The Kier molecular flexibility index (Phi) is 5.22. The maximum absolute atomic E-state index is 10.4. The average Bonchev–Trinajstić information content (AvgIpc) is 2.39. The van der Waals surface area contributed by atoms with Crippen molar-refractivity contribution in [2.45, 2.75) is 58.1 Å². The molecule has 0 spiro atoms. The zero-order chi connectivity index (χ0) is 14.6. The van der Waals surface area contributed by atoms with E-state index in [9.17, 15) is 5.11 Å². The fraction of sp³-hybridized carbons (Fsp3) is 0.667. The molecule has 0 bridgehead atoms. The highest BCUT2D eigenvalue weighted by atomic mass is 16.3. The number of rotatable bonds is 5. The van der Waals surface area contributed by atoms with Gasteiger partial charge in [0.1, 0.15) is 0 Å². The van der Waals surface area contributed by atoms with Crippen molar-refractivity contribution in [1.82, 2.24) is 5.32 Å². The van der Waals surface area contributed by atoms with Crippen LogP contribution in [0.15, 0.2) is 30.3 Å². The summed E-state index contributed by atoms with van der Waals surface area (Å²) in [5.74, 6) is 1.04. The topological polar surface area (TPSA) is 32.3 Å². The molecule has 0 aliphatic heterocycles. The first-order chi connectivity index (χ1) is 9.49. The molecular formula is C18H29NO. The van der Waals surface area contributed by atoms with Crippen molar-refractivity contribution in [3.8, 4) is 0 Å². The number of nitrogens with one attached hydrogen (secondary N) is 1. The van der Waals surface area contributed by atoms with Gasteiger partial charge in [-0.25, -0.2) is 0 Å². The van der Waals surface area contributed by atoms with Gasteiger partial charge in [0.05, 0.1) is 6.10 Å². The van der Waals surface area contributed by atoms with Gasteiger partial charge in [-0.15, -0.1) is 0 Å². The molecule has 2 rings (SSSR count). The van der Waals surface area contributed by atoms with Crippen LogP contribution in [-0.4, -0.2) is 23.3 Å². The van der Waals surface area contributed by atoms with Gasteiger partial charge in [-0.3, -0.25) is 0 Å². The summed E-state index contributed by atoms with van der Waals surface area (Å²) in [5.41, 5.74) is 1.38. The number of hydrogen-bond acceptors (Lipinski definition) is 2. The van der Waals surface area contributed by atoms with Crippen LogP contribution in [0, 0.1) is 11.8 Å². The van der Waals surface area contributed by atoms with E-state index in [-0.39, 0.29) is 11.6 Å². The molecule has 0 saturated heterocycles. The van der Waals surface area contributed by atoms with E-state index in [1.807, 2.05) is 0 Å². The first kappa shape index (κ1) is 15.5. The van der Waals surface area contributed by atoms with Gasteiger partial charge >= 0.3 is 0 Å². The highest BCUT2D eigenvalue weighted by molar-refractivity contribution is 5.15. The van der Waals surface area contributed by atoms with E-state index >= 15 is 0 Å². The zero-order valence-corrected chi connectivity index (χ0v) is 13.1. The van der Waals surface area contributed by atoms with Crippen LogP contribution in [0.25, 0.3) is 0 Å². The van der Waals surface area contributed by atoms with E-state index in [0.29, 0.717) is 11.8 Å². The molecule has 1 aromatic carbocycles. The quantitative estimate of drug-likeness (QED) is 0.863. The van der Waals surface area contributed by atoms with E-state index in [2.05, 4.69) is 56.4 Å². The zero-order valence-electron chi connectivity index (χ0n) is 13.1. The lowest BCUT2D eigenvalue weighted by molar-refractivity contribution is 0.00633. The molecule has 1 aromatic rings. The summed E-state index contributed by atoms with van der Waals surface area (Å²) in [5, 5.41) is 14.0. The third kappa shape index (κ3) is 4.07. The van der Waals surface area contributed by atoms with E-state index in [1.165, 1.54) is 12.0 Å². The lowest BCUT2D eigenvalue weighted by atomic mass is 9.72. The van der Waals surface area contributed by atoms with E-state index in [4.69, 9.17) is 0 Å². The Morgan fingerprint density at radius 2 is 1.90 bits per heavy atom. The normalized spacial score (nSPS) is 27.5. The third-order valence-corrected chi connectivity index (χ3v) is 4.84. The summed E-state index contributed by atoms with van der Waals surface area (Å²) in [6, 6.07) is 10.6. The van der Waals surface area contributed by atoms with Crippen molar-refractivity contribution < 1.29 is 5.11 Å². The summed E-state index contributed by atoms with van der Waals surface area (Å²) in [6.45, 7) is 7.69. The van der Waals surface area contributed by atoms with Crippen LogP contribution in [0.4, 0.5) is 0 Å². The van der Waals surface area contributed by atoms with Crippen LogP contribution in [0.2, 0.25) is 0 Å². The van der Waals surface area contributed by atoms with Crippen LogP contribution in [0.3, 0.4) is 0 Å². The highest BCUT2D eigenvalue weighted by Crippen LogP contribution is 2.35. The van der Waals surface area contributed by atoms with Crippen LogP contribution < -0.4 is 5.32 Å². The van der Waals surface area contributed by atoms with Crippen molar-refractivity contribution in [1.29, 1.82) is 0 Å². The monoisotopic (exact) mass is 275 g/mol. The molecule has 0 unspecified atom stereocenters. The van der Waals surface area contributed by atoms with Gasteiger partial charge in [-0.05, 0) is 51.1 Å². The lowest BCUT2D eigenvalue weighted by Crippen LogP contribution is -2.52. The summed E-state index contributed by atoms with van der Waals surface area (Å²) in [7, 11) is 0. The van der Waals surface area contributed by atoms with E-state index in [0.717, 1.165) is 25.8 Å². The number of hydrogen-bond donors (Lipinski definition) is 2. The largest absolute Gasteiger partial charge is 0.393 e. The molecule has 0 heterocycles. The van der Waals surface area contributed by atoms with Gasteiger partial charge in [-0.2, -0.15) is 0 Å². The predicted octanol–water partition coefficient (Wildman–Crippen LogP) is 3.39. The second-order valence-electron chi connectivity index (χ2n) is 6.98. The standard InChI is InChI=1S/C18H29NO/c1-14-9-10-16(17(20)13-14)18(2,3)19-12-11-15-7-5-4-6-8-15/h4-8,14,16-17,19-20H,9-13H2,1-3H3/t14-,16-,17-/m1/s1. The molecule has 0 aromatic heterocycles. The van der Waals surface area contributed by atoms with Crippen molar-refractivity contribution in [2.75, 3.05) is 6.54 Å². The lowest BCUT2D eigenvalue weighted by Gasteiger charge is -2.42. The smallest absolute Gasteiger partial charge is 0.0588 e. The predicted molar refractivity (Wildman–Crippen MR) is 84.7 cm³/mol. The van der Waals surface area contributed by atoms with E-state index < -0.39 is 0 Å². The van der Waals surface area contributed by atoms with Crippen LogP contribution in [-0.2, 0) is 6.42 Å². The molecule has 20 heavy (non-hydrogen) atoms. The van der Waals surface area contributed by atoms with E-state index in [1.54, 1.807) is 0 Å². The van der Waals surface area contributed by atoms with Crippen molar-refractivity contribution >= 4 is 0 Å². The molecule has 1 aliphatic rings. The Hall–Kier alpha value is -0.860. The molecule has 0 radical (unpaired) electrons. The number of aliphatic hydroxyl groups is 1. The Balaban J connectivity index is 1.84. The van der Waals surface area contributed by atoms with Gasteiger partial charge in [0, 0.05) is 11.5 Å². The minimum Gasteiger partial charge on any atom is -0.393 e. The van der Waals surface area contributed by atoms with Gasteiger partial charge < -0.3 is 10.4 Å². The second kappa shape index (κ2) is 6.73. The summed E-state index contributed by atoms with van der Waals surface area (Å²) < 4.78 is 0. The number of aliphatic hydroxyl groups excluding tert-OH is 1. The Morgan fingerprint density at radius 3 is 2.55 bits per heavy atom. The Morgan fingerprint density at radius 1 is 1.20 bits per heavy atom. The van der Waals surface area contributed by atoms with Gasteiger partial charge in [0.15, 0.2) is 0 Å². The average molecular weight is 275 g/mol. The van der Waals surface area contributed by atoms with Crippen LogP contribution in [0.5, 0.6) is 0 Å². The molecule has 112 valence electrons. The maximum Gasteiger partial charge on any atom is 0.0588 e. The summed E-state index contributed by atoms with van der Waals surface area (Å²) in [6.07, 6.45) is 4.22. The molecule has 3 atom stereocenters. The molecule has 0 amide bonds. The van der Waals surface area contributed by atoms with Crippen molar-refractivity contribution in [3.63, 3.8) is 0 Å². The fourth-order valence-electron chi connectivity index (χ4n) is 3.50. The molecule has 2 nitrogen and oxygen atoms in total. The SMILES string of the molecule is C[C@@H]1CC[C@@H](C(C)(C)NCCc2ccccc2)[C@H](O)C1. The van der Waals surface area contributed by atoms with Crippen molar-refractivity contribution in [3.05, 3.63) is 35.9 Å². The molecule has 2 heteroatoms. The number of benzene rings is 1. The van der Waals surface area contributed by atoms with Crippen molar-refractivity contribution in [2.24, 2.45) is 11.8 Å².